The van der Waals surface area contributed by atoms with Gasteiger partial charge in [0.25, 0.3) is 0 Å². The maximum absolute atomic E-state index is 12.5. The van der Waals surface area contributed by atoms with Crippen LogP contribution in [-0.2, 0) is 9.53 Å². The molecular formula is C15H29ClN2O2. The van der Waals surface area contributed by atoms with E-state index in [-0.39, 0.29) is 23.7 Å². The number of amides is 1. The van der Waals surface area contributed by atoms with E-state index in [0.717, 1.165) is 19.4 Å². The second kappa shape index (κ2) is 7.10. The molecule has 2 fully saturated rings. The molecule has 4 nitrogen and oxygen atoms in total. The lowest BCUT2D eigenvalue weighted by Gasteiger charge is -2.35. The number of nitrogens with one attached hydrogen (secondary N) is 1. The second-order valence-corrected chi connectivity index (χ2v) is 6.88. The van der Waals surface area contributed by atoms with Crippen LogP contribution in [0.5, 0.6) is 0 Å². The molecule has 3 N–H and O–H groups in total. The standard InChI is InChI=1S/C15H28N2O2.ClH/c1-12(2)9-14(3-4-14)11-17-13(18)15(10-16)5-7-19-8-6-15;/h12H,3-11,16H2,1-2H3,(H,17,18);1H. The molecule has 118 valence electrons. The third-order valence-corrected chi connectivity index (χ3v) is 4.74. The predicted molar refractivity (Wildman–Crippen MR) is 82.9 cm³/mol. The summed E-state index contributed by atoms with van der Waals surface area (Å²) in [5.74, 6) is 0.847. The van der Waals surface area contributed by atoms with Crippen LogP contribution in [-0.4, -0.2) is 32.2 Å². The molecular weight excluding hydrogens is 276 g/mol. The highest BCUT2D eigenvalue weighted by Gasteiger charge is 2.45. The number of carbonyl (C=O) groups is 1. The highest BCUT2D eigenvalue weighted by atomic mass is 35.5. The number of ether oxygens (including phenoxy) is 1. The van der Waals surface area contributed by atoms with Crippen molar-refractivity contribution in [3.63, 3.8) is 0 Å². The molecule has 2 aliphatic rings. The van der Waals surface area contributed by atoms with Crippen LogP contribution >= 0.6 is 12.4 Å². The maximum atomic E-state index is 12.5. The Morgan fingerprint density at radius 2 is 1.85 bits per heavy atom. The molecule has 0 aromatic carbocycles. The fraction of sp³-hybridized carbons (Fsp3) is 0.933. The van der Waals surface area contributed by atoms with Crippen LogP contribution in [0, 0.1) is 16.7 Å². The van der Waals surface area contributed by atoms with Gasteiger partial charge in [0, 0.05) is 26.3 Å². The van der Waals surface area contributed by atoms with Crippen molar-refractivity contribution in [1.82, 2.24) is 5.32 Å². The molecule has 1 saturated heterocycles. The first-order valence-corrected chi connectivity index (χ1v) is 7.58. The number of halogens is 1. The van der Waals surface area contributed by atoms with E-state index in [2.05, 4.69) is 19.2 Å². The minimum absolute atomic E-state index is 0. The molecule has 5 heteroatoms. The fourth-order valence-corrected chi connectivity index (χ4v) is 3.24. The summed E-state index contributed by atoms with van der Waals surface area (Å²) in [7, 11) is 0. The smallest absolute Gasteiger partial charge is 0.227 e. The number of hydrogen-bond donors (Lipinski definition) is 2. The van der Waals surface area contributed by atoms with Crippen molar-refractivity contribution in [2.45, 2.75) is 46.0 Å². The third kappa shape index (κ3) is 4.09. The van der Waals surface area contributed by atoms with Gasteiger partial charge in [-0.2, -0.15) is 0 Å². The Morgan fingerprint density at radius 1 is 1.25 bits per heavy atom. The SMILES string of the molecule is CC(C)CC1(CNC(=O)C2(CN)CCOCC2)CC1.Cl. The molecule has 1 aliphatic carbocycles. The summed E-state index contributed by atoms with van der Waals surface area (Å²) < 4.78 is 5.35. The zero-order chi connectivity index (χ0) is 13.9. The first kappa shape index (κ1) is 17.7. The van der Waals surface area contributed by atoms with Crippen LogP contribution in [0.25, 0.3) is 0 Å². The van der Waals surface area contributed by atoms with E-state index in [0.29, 0.717) is 31.1 Å². The number of rotatable bonds is 6. The van der Waals surface area contributed by atoms with E-state index in [1.807, 2.05) is 0 Å². The van der Waals surface area contributed by atoms with Crippen molar-refractivity contribution < 1.29 is 9.53 Å². The normalized spacial score (nSPS) is 23.0. The van der Waals surface area contributed by atoms with Gasteiger partial charge in [-0.15, -0.1) is 12.4 Å². The Morgan fingerprint density at radius 3 is 2.30 bits per heavy atom. The van der Waals surface area contributed by atoms with Crippen LogP contribution in [0.1, 0.15) is 46.0 Å². The number of carbonyl (C=O) groups excluding carboxylic acids is 1. The van der Waals surface area contributed by atoms with Crippen LogP contribution in [0.2, 0.25) is 0 Å². The van der Waals surface area contributed by atoms with Crippen molar-refractivity contribution >= 4 is 18.3 Å². The average molecular weight is 305 g/mol. The summed E-state index contributed by atoms with van der Waals surface area (Å²) in [5.41, 5.74) is 5.86. The summed E-state index contributed by atoms with van der Waals surface area (Å²) in [5, 5.41) is 3.18. The predicted octanol–water partition coefficient (Wildman–Crippen LogP) is 2.11. The van der Waals surface area contributed by atoms with Crippen LogP contribution in [0.15, 0.2) is 0 Å². The van der Waals surface area contributed by atoms with E-state index in [4.69, 9.17) is 10.5 Å². The molecule has 1 heterocycles. The van der Waals surface area contributed by atoms with Gasteiger partial charge in [0.05, 0.1) is 5.41 Å². The molecule has 0 unspecified atom stereocenters. The molecule has 0 aromatic heterocycles. The summed E-state index contributed by atoms with van der Waals surface area (Å²) in [6.07, 6.45) is 5.24. The van der Waals surface area contributed by atoms with Gasteiger partial charge in [-0.3, -0.25) is 4.79 Å². The van der Waals surface area contributed by atoms with E-state index in [1.165, 1.54) is 19.3 Å². The highest BCUT2D eigenvalue weighted by molar-refractivity contribution is 5.85. The van der Waals surface area contributed by atoms with Crippen molar-refractivity contribution in [2.24, 2.45) is 22.5 Å². The topological polar surface area (TPSA) is 64.4 Å². The fourth-order valence-electron chi connectivity index (χ4n) is 3.24. The summed E-state index contributed by atoms with van der Waals surface area (Å²) in [6.45, 7) is 7.07. The van der Waals surface area contributed by atoms with E-state index >= 15 is 0 Å². The first-order chi connectivity index (χ1) is 9.02. The molecule has 20 heavy (non-hydrogen) atoms. The van der Waals surface area contributed by atoms with E-state index in [1.54, 1.807) is 0 Å². The molecule has 0 radical (unpaired) electrons. The molecule has 0 aromatic rings. The zero-order valence-electron chi connectivity index (χ0n) is 12.7. The molecule has 0 bridgehead atoms. The Labute approximate surface area is 128 Å². The maximum Gasteiger partial charge on any atom is 0.227 e. The summed E-state index contributed by atoms with van der Waals surface area (Å²) in [4.78, 5) is 12.5. The number of nitrogens with two attached hydrogens (primary N) is 1. The van der Waals surface area contributed by atoms with Crippen molar-refractivity contribution in [1.29, 1.82) is 0 Å². The monoisotopic (exact) mass is 304 g/mol. The molecule has 1 aliphatic heterocycles. The molecule has 1 amide bonds. The van der Waals surface area contributed by atoms with Gasteiger partial charge in [-0.05, 0) is 43.4 Å². The largest absolute Gasteiger partial charge is 0.381 e. The Kier molecular flexibility index (Phi) is 6.29. The van der Waals surface area contributed by atoms with E-state index < -0.39 is 0 Å². The Hall–Kier alpha value is -0.320. The zero-order valence-corrected chi connectivity index (χ0v) is 13.6. The van der Waals surface area contributed by atoms with Gasteiger partial charge >= 0.3 is 0 Å². The van der Waals surface area contributed by atoms with Gasteiger partial charge < -0.3 is 15.8 Å². The van der Waals surface area contributed by atoms with Crippen molar-refractivity contribution in [3.8, 4) is 0 Å². The van der Waals surface area contributed by atoms with Crippen LogP contribution < -0.4 is 11.1 Å². The highest BCUT2D eigenvalue weighted by Crippen LogP contribution is 2.50. The number of hydrogen-bond acceptors (Lipinski definition) is 3. The molecule has 2 rings (SSSR count). The van der Waals surface area contributed by atoms with Gasteiger partial charge in [0.1, 0.15) is 0 Å². The minimum Gasteiger partial charge on any atom is -0.381 e. The summed E-state index contributed by atoms with van der Waals surface area (Å²) in [6, 6.07) is 0. The van der Waals surface area contributed by atoms with Gasteiger partial charge in [-0.25, -0.2) is 0 Å². The quantitative estimate of drug-likeness (QED) is 0.790. The summed E-state index contributed by atoms with van der Waals surface area (Å²) >= 11 is 0. The van der Waals surface area contributed by atoms with Gasteiger partial charge in [0.15, 0.2) is 0 Å². The Bertz CT molecular complexity index is 324. The third-order valence-electron chi connectivity index (χ3n) is 4.74. The second-order valence-electron chi connectivity index (χ2n) is 6.88. The van der Waals surface area contributed by atoms with Gasteiger partial charge in [0.2, 0.25) is 5.91 Å². The van der Waals surface area contributed by atoms with Crippen LogP contribution in [0.4, 0.5) is 0 Å². The molecule has 0 atom stereocenters. The Balaban J connectivity index is 0.00000200. The lowest BCUT2D eigenvalue weighted by molar-refractivity contribution is -0.136. The van der Waals surface area contributed by atoms with Crippen molar-refractivity contribution in [2.75, 3.05) is 26.3 Å². The lowest BCUT2D eigenvalue weighted by Crippen LogP contribution is -2.50. The minimum atomic E-state index is -0.383. The van der Waals surface area contributed by atoms with Crippen LogP contribution in [0.3, 0.4) is 0 Å². The first-order valence-electron chi connectivity index (χ1n) is 7.58. The van der Waals surface area contributed by atoms with Crippen molar-refractivity contribution in [3.05, 3.63) is 0 Å². The molecule has 0 spiro atoms. The average Bonchev–Trinajstić information content (AvgIpc) is 3.16. The molecule has 1 saturated carbocycles. The van der Waals surface area contributed by atoms with Gasteiger partial charge in [-0.1, -0.05) is 13.8 Å². The van der Waals surface area contributed by atoms with E-state index in [9.17, 15) is 4.79 Å². The lowest BCUT2D eigenvalue weighted by atomic mass is 9.79.